The highest BCUT2D eigenvalue weighted by Gasteiger charge is 2.18. The number of nitriles is 1. The lowest BCUT2D eigenvalue weighted by Crippen LogP contribution is -2.43. The molecule has 0 aliphatic carbocycles. The maximum Gasteiger partial charge on any atom is 0.260 e. The summed E-state index contributed by atoms with van der Waals surface area (Å²) in [7, 11) is 0. The van der Waals surface area contributed by atoms with Crippen LogP contribution >= 0.6 is 0 Å². The fourth-order valence-corrected chi connectivity index (χ4v) is 2.33. The predicted octanol–water partition coefficient (Wildman–Crippen LogP) is 0.687. The van der Waals surface area contributed by atoms with E-state index in [2.05, 4.69) is 10.5 Å². The van der Waals surface area contributed by atoms with Crippen LogP contribution in [0.2, 0.25) is 0 Å². The molecule has 1 aromatic rings. The summed E-state index contributed by atoms with van der Waals surface area (Å²) in [6.45, 7) is 4.38. The van der Waals surface area contributed by atoms with Crippen LogP contribution in [0.5, 0.6) is 11.5 Å². The minimum atomic E-state index is -0.486. The zero-order valence-corrected chi connectivity index (χ0v) is 15.1. The smallest absolute Gasteiger partial charge is 0.260 e. The van der Waals surface area contributed by atoms with E-state index in [4.69, 9.17) is 19.5 Å². The quantitative estimate of drug-likeness (QED) is 0.529. The van der Waals surface area contributed by atoms with Crippen molar-refractivity contribution in [3.63, 3.8) is 0 Å². The van der Waals surface area contributed by atoms with E-state index in [-0.39, 0.29) is 18.9 Å². The van der Waals surface area contributed by atoms with Crippen molar-refractivity contribution >= 4 is 18.0 Å². The van der Waals surface area contributed by atoms with Crippen molar-refractivity contribution < 1.29 is 23.8 Å². The summed E-state index contributed by atoms with van der Waals surface area (Å²) >= 11 is 0. The van der Waals surface area contributed by atoms with E-state index in [1.54, 1.807) is 29.2 Å². The van der Waals surface area contributed by atoms with Crippen LogP contribution < -0.4 is 14.9 Å². The van der Waals surface area contributed by atoms with Crippen molar-refractivity contribution in [1.29, 1.82) is 5.26 Å². The fraction of sp³-hybridized carbons (Fsp3) is 0.444. The minimum Gasteiger partial charge on any atom is -0.490 e. The number of hydrogen-bond donors (Lipinski definition) is 1. The van der Waals surface area contributed by atoms with Crippen LogP contribution in [-0.2, 0) is 14.3 Å². The van der Waals surface area contributed by atoms with Crippen LogP contribution in [0.25, 0.3) is 0 Å². The Morgan fingerprint density at radius 1 is 1.33 bits per heavy atom. The highest BCUT2D eigenvalue weighted by molar-refractivity contribution is 5.84. The number of hydrogen-bond acceptors (Lipinski definition) is 7. The molecule has 1 aliphatic heterocycles. The Hall–Kier alpha value is -3.12. The van der Waals surface area contributed by atoms with Gasteiger partial charge in [-0.05, 0) is 30.7 Å². The summed E-state index contributed by atoms with van der Waals surface area (Å²) in [5.41, 5.74) is 2.92. The third-order valence-electron chi connectivity index (χ3n) is 3.63. The van der Waals surface area contributed by atoms with E-state index in [9.17, 15) is 9.59 Å². The fourth-order valence-electron chi connectivity index (χ4n) is 2.33. The summed E-state index contributed by atoms with van der Waals surface area (Å²) in [6.07, 6.45) is 1.17. The van der Waals surface area contributed by atoms with Gasteiger partial charge in [0.15, 0.2) is 18.1 Å². The van der Waals surface area contributed by atoms with Crippen LogP contribution in [0, 0.1) is 11.3 Å². The second-order valence-electron chi connectivity index (χ2n) is 5.55. The second-order valence-corrected chi connectivity index (χ2v) is 5.55. The Kier molecular flexibility index (Phi) is 8.06. The number of nitrogens with one attached hydrogen (secondary N) is 1. The molecule has 1 N–H and O–H groups in total. The monoisotopic (exact) mass is 374 g/mol. The molecule has 0 unspecified atom stereocenters. The van der Waals surface area contributed by atoms with Crippen molar-refractivity contribution in [3.05, 3.63) is 23.8 Å². The highest BCUT2D eigenvalue weighted by Crippen LogP contribution is 2.28. The molecule has 1 heterocycles. The molecule has 0 atom stereocenters. The third-order valence-corrected chi connectivity index (χ3v) is 3.63. The summed E-state index contributed by atoms with van der Waals surface area (Å²) in [4.78, 5) is 25.1. The number of ether oxygens (including phenoxy) is 3. The van der Waals surface area contributed by atoms with Crippen LogP contribution in [-0.4, -0.2) is 62.4 Å². The normalized spacial score (nSPS) is 13.9. The third kappa shape index (κ3) is 6.60. The Labute approximate surface area is 157 Å². The number of nitrogens with zero attached hydrogens (tertiary/aromatic N) is 3. The SMILES string of the molecule is CCOc1cc(/C=N\NC(=O)CC#N)ccc1OCC(=O)N1CCOCC1. The van der Waals surface area contributed by atoms with Gasteiger partial charge < -0.3 is 19.1 Å². The van der Waals surface area contributed by atoms with Crippen LogP contribution in [0.15, 0.2) is 23.3 Å². The van der Waals surface area contributed by atoms with Gasteiger partial charge in [-0.25, -0.2) is 5.43 Å². The lowest BCUT2D eigenvalue weighted by molar-refractivity contribution is -0.137. The highest BCUT2D eigenvalue weighted by atomic mass is 16.5. The zero-order valence-electron chi connectivity index (χ0n) is 15.1. The molecule has 27 heavy (non-hydrogen) atoms. The maximum absolute atomic E-state index is 12.2. The lowest BCUT2D eigenvalue weighted by atomic mass is 10.2. The minimum absolute atomic E-state index is 0.0856. The van der Waals surface area contributed by atoms with Crippen LogP contribution in [0.1, 0.15) is 18.9 Å². The Bertz CT molecular complexity index is 723. The number of carbonyl (C=O) groups excluding carboxylic acids is 2. The summed E-state index contributed by atoms with van der Waals surface area (Å²) in [5.74, 6) is 0.329. The number of rotatable bonds is 8. The molecule has 2 rings (SSSR count). The molecular weight excluding hydrogens is 352 g/mol. The van der Waals surface area contributed by atoms with Gasteiger partial charge in [0, 0.05) is 13.1 Å². The molecule has 9 heteroatoms. The molecule has 0 saturated carbocycles. The molecule has 144 valence electrons. The van der Waals surface area contributed by atoms with Crippen LogP contribution in [0.3, 0.4) is 0 Å². The van der Waals surface area contributed by atoms with Gasteiger partial charge in [0.2, 0.25) is 0 Å². The topological polar surface area (TPSA) is 113 Å². The standard InChI is InChI=1S/C18H22N4O5/c1-2-26-16-11-14(12-20-21-17(23)5-6-19)3-4-15(16)27-13-18(24)22-7-9-25-10-8-22/h3-4,11-12H,2,5,7-10,13H2,1H3,(H,21,23)/b20-12-. The number of benzene rings is 1. The van der Waals surface area contributed by atoms with Crippen molar-refractivity contribution in [3.8, 4) is 17.6 Å². The number of amides is 2. The second kappa shape index (κ2) is 10.8. The molecule has 0 aromatic heterocycles. The van der Waals surface area contributed by atoms with Crippen molar-refractivity contribution in [1.82, 2.24) is 10.3 Å². The average Bonchev–Trinajstić information content (AvgIpc) is 2.68. The predicted molar refractivity (Wildman–Crippen MR) is 96.5 cm³/mol. The average molecular weight is 374 g/mol. The Morgan fingerprint density at radius 3 is 2.81 bits per heavy atom. The molecule has 1 aliphatic rings. The molecule has 1 saturated heterocycles. The molecular formula is C18H22N4O5. The summed E-state index contributed by atoms with van der Waals surface area (Å²) in [5, 5.41) is 12.2. The van der Waals surface area contributed by atoms with E-state index in [1.807, 2.05) is 6.92 Å². The zero-order chi connectivity index (χ0) is 19.5. The first-order valence-electron chi connectivity index (χ1n) is 8.58. The van der Waals surface area contributed by atoms with E-state index in [1.165, 1.54) is 6.21 Å². The first kappa shape index (κ1) is 20.2. The summed E-state index contributed by atoms with van der Waals surface area (Å²) < 4.78 is 16.4. The van der Waals surface area contributed by atoms with E-state index in [0.29, 0.717) is 50.0 Å². The van der Waals surface area contributed by atoms with E-state index in [0.717, 1.165) is 0 Å². The van der Waals surface area contributed by atoms with Crippen LogP contribution in [0.4, 0.5) is 0 Å². The van der Waals surface area contributed by atoms with Gasteiger partial charge >= 0.3 is 0 Å². The Morgan fingerprint density at radius 2 is 2.11 bits per heavy atom. The van der Waals surface area contributed by atoms with Gasteiger partial charge in [0.1, 0.15) is 6.42 Å². The maximum atomic E-state index is 12.2. The first-order valence-corrected chi connectivity index (χ1v) is 8.58. The molecule has 1 fully saturated rings. The largest absolute Gasteiger partial charge is 0.490 e. The molecule has 0 bridgehead atoms. The summed E-state index contributed by atoms with van der Waals surface area (Å²) in [6, 6.07) is 6.82. The van der Waals surface area contributed by atoms with Gasteiger partial charge in [0.25, 0.3) is 11.8 Å². The molecule has 0 spiro atoms. The van der Waals surface area contributed by atoms with Gasteiger partial charge in [0.05, 0.1) is 32.1 Å². The lowest BCUT2D eigenvalue weighted by Gasteiger charge is -2.26. The first-order chi connectivity index (χ1) is 13.1. The van der Waals surface area contributed by atoms with E-state index < -0.39 is 5.91 Å². The van der Waals surface area contributed by atoms with Crippen molar-refractivity contribution in [2.24, 2.45) is 5.10 Å². The molecule has 0 radical (unpaired) electrons. The number of morpholine rings is 1. The molecule has 1 aromatic carbocycles. The van der Waals surface area contributed by atoms with Gasteiger partial charge in [-0.15, -0.1) is 0 Å². The van der Waals surface area contributed by atoms with Gasteiger partial charge in [-0.2, -0.15) is 10.4 Å². The van der Waals surface area contributed by atoms with Gasteiger partial charge in [-0.3, -0.25) is 9.59 Å². The van der Waals surface area contributed by atoms with Crippen molar-refractivity contribution in [2.75, 3.05) is 39.5 Å². The number of carbonyl (C=O) groups is 2. The van der Waals surface area contributed by atoms with Crippen molar-refractivity contribution in [2.45, 2.75) is 13.3 Å². The molecule has 2 amide bonds. The van der Waals surface area contributed by atoms with Gasteiger partial charge in [-0.1, -0.05) is 0 Å². The van der Waals surface area contributed by atoms with E-state index >= 15 is 0 Å². The molecule has 9 nitrogen and oxygen atoms in total. The Balaban J connectivity index is 1.97. The number of hydrazone groups is 1.